The van der Waals surface area contributed by atoms with Crippen LogP contribution in [0.15, 0.2) is 91.0 Å². The van der Waals surface area contributed by atoms with Crippen LogP contribution in [0.2, 0.25) is 0 Å². The third-order valence-electron chi connectivity index (χ3n) is 6.97. The van der Waals surface area contributed by atoms with Gasteiger partial charge in [0.2, 0.25) is 0 Å². The molecule has 0 N–H and O–H groups in total. The molecule has 0 aliphatic carbocycles. The quantitative estimate of drug-likeness (QED) is 0.398. The first kappa shape index (κ1) is 25.1. The number of hydrogen-bond acceptors (Lipinski definition) is 6. The van der Waals surface area contributed by atoms with Gasteiger partial charge >= 0.3 is 0 Å². The maximum atomic E-state index is 6.97. The molecular weight excluding hydrogens is 456 g/mol. The molecule has 2 aliphatic heterocycles. The summed E-state index contributed by atoms with van der Waals surface area (Å²) in [4.78, 5) is 0. The van der Waals surface area contributed by atoms with Gasteiger partial charge in [0.15, 0.2) is 12.1 Å². The molecule has 0 bridgehead atoms. The van der Waals surface area contributed by atoms with E-state index in [-0.39, 0.29) is 18.8 Å². The average Bonchev–Trinajstić information content (AvgIpc) is 3.39. The third kappa shape index (κ3) is 4.61. The first-order valence-electron chi connectivity index (χ1n) is 12.4. The molecular formula is C30H34O6. The summed E-state index contributed by atoms with van der Waals surface area (Å²) < 4.78 is 37.1. The monoisotopic (exact) mass is 490 g/mol. The normalized spacial score (nSPS) is 26.0. The lowest BCUT2D eigenvalue weighted by molar-refractivity contribution is -0.234. The molecule has 0 radical (unpaired) electrons. The Morgan fingerprint density at radius 3 is 1.72 bits per heavy atom. The zero-order valence-electron chi connectivity index (χ0n) is 21.2. The second-order valence-electron chi connectivity index (χ2n) is 9.63. The SMILES string of the molecule is CO[C@@H]1[C@@H]2OC(C)(C)O[C@H]2O[C@H]1[C@@H](COC(c1ccccc1)(c1ccccc1)c1ccccc1)OC. The Labute approximate surface area is 213 Å². The molecule has 2 heterocycles. The minimum atomic E-state index is -0.855. The van der Waals surface area contributed by atoms with E-state index in [2.05, 4.69) is 36.4 Å². The van der Waals surface area contributed by atoms with E-state index >= 15 is 0 Å². The first-order valence-corrected chi connectivity index (χ1v) is 12.4. The van der Waals surface area contributed by atoms with Crippen LogP contribution < -0.4 is 0 Å². The topological polar surface area (TPSA) is 55.4 Å². The molecule has 190 valence electrons. The zero-order chi connectivity index (χ0) is 25.2. The second-order valence-corrected chi connectivity index (χ2v) is 9.63. The molecule has 36 heavy (non-hydrogen) atoms. The van der Waals surface area contributed by atoms with Crippen LogP contribution in [-0.2, 0) is 34.0 Å². The molecule has 2 fully saturated rings. The molecule has 3 aromatic rings. The Morgan fingerprint density at radius 2 is 1.28 bits per heavy atom. The van der Waals surface area contributed by atoms with Crippen molar-refractivity contribution < 1.29 is 28.4 Å². The Bertz CT molecular complexity index is 1010. The zero-order valence-corrected chi connectivity index (χ0v) is 21.2. The third-order valence-corrected chi connectivity index (χ3v) is 6.97. The van der Waals surface area contributed by atoms with E-state index in [1.165, 1.54) is 0 Å². The molecule has 5 rings (SSSR count). The van der Waals surface area contributed by atoms with Crippen molar-refractivity contribution in [3.05, 3.63) is 108 Å². The highest BCUT2D eigenvalue weighted by Crippen LogP contribution is 2.43. The lowest BCUT2D eigenvalue weighted by Crippen LogP contribution is -2.46. The van der Waals surface area contributed by atoms with E-state index in [9.17, 15) is 0 Å². The fourth-order valence-electron chi connectivity index (χ4n) is 5.34. The van der Waals surface area contributed by atoms with Crippen LogP contribution in [0.25, 0.3) is 0 Å². The molecule has 2 saturated heterocycles. The molecule has 0 aromatic heterocycles. The molecule has 5 atom stereocenters. The van der Waals surface area contributed by atoms with E-state index in [1.54, 1.807) is 14.2 Å². The molecule has 2 aliphatic rings. The molecule has 0 saturated carbocycles. The number of ether oxygens (including phenoxy) is 6. The number of hydrogen-bond donors (Lipinski definition) is 0. The smallest absolute Gasteiger partial charge is 0.190 e. The van der Waals surface area contributed by atoms with Gasteiger partial charge in [0.05, 0.1) is 6.61 Å². The molecule has 6 heteroatoms. The summed E-state index contributed by atoms with van der Waals surface area (Å²) in [5.74, 6) is -0.723. The van der Waals surface area contributed by atoms with Crippen LogP contribution in [0, 0.1) is 0 Å². The summed E-state index contributed by atoms with van der Waals surface area (Å²) in [6, 6.07) is 30.8. The van der Waals surface area contributed by atoms with Gasteiger partial charge in [0.1, 0.15) is 30.0 Å². The number of rotatable bonds is 9. The average molecular weight is 491 g/mol. The predicted molar refractivity (Wildman–Crippen MR) is 135 cm³/mol. The van der Waals surface area contributed by atoms with E-state index < -0.39 is 29.9 Å². The van der Waals surface area contributed by atoms with Crippen LogP contribution in [0.4, 0.5) is 0 Å². The van der Waals surface area contributed by atoms with Gasteiger partial charge in [-0.25, -0.2) is 0 Å². The van der Waals surface area contributed by atoms with E-state index in [0.29, 0.717) is 0 Å². The van der Waals surface area contributed by atoms with Crippen molar-refractivity contribution in [2.45, 2.75) is 55.9 Å². The van der Waals surface area contributed by atoms with Crippen LogP contribution in [-0.4, -0.2) is 57.3 Å². The van der Waals surface area contributed by atoms with Crippen LogP contribution in [0.3, 0.4) is 0 Å². The van der Waals surface area contributed by atoms with Gasteiger partial charge in [-0.05, 0) is 30.5 Å². The van der Waals surface area contributed by atoms with Crippen molar-refractivity contribution in [1.29, 1.82) is 0 Å². The van der Waals surface area contributed by atoms with Gasteiger partial charge in [-0.3, -0.25) is 0 Å². The van der Waals surface area contributed by atoms with Gasteiger partial charge < -0.3 is 28.4 Å². The summed E-state index contributed by atoms with van der Waals surface area (Å²) in [6.07, 6.45) is -2.06. The minimum absolute atomic E-state index is 0.253. The highest BCUT2D eigenvalue weighted by atomic mass is 16.8. The Morgan fingerprint density at radius 1 is 0.778 bits per heavy atom. The molecule has 3 aromatic carbocycles. The standard InChI is InChI=1S/C30H34O6/c1-29(2)35-27-26(32-4)25(34-28(27)36-29)24(31-3)20-33-30(21-14-8-5-9-15-21,22-16-10-6-11-17-22)23-18-12-7-13-19-23/h5-19,24-28H,20H2,1-4H3/t24-,25+,26+,27+,28-/m1/s1. The van der Waals surface area contributed by atoms with Gasteiger partial charge in [0.25, 0.3) is 0 Å². The summed E-state index contributed by atoms with van der Waals surface area (Å²) in [7, 11) is 3.33. The van der Waals surface area contributed by atoms with Crippen molar-refractivity contribution in [2.75, 3.05) is 20.8 Å². The highest BCUT2D eigenvalue weighted by molar-refractivity contribution is 5.47. The number of benzene rings is 3. The maximum absolute atomic E-state index is 6.97. The van der Waals surface area contributed by atoms with Gasteiger partial charge in [-0.1, -0.05) is 91.0 Å². The molecule has 0 amide bonds. The predicted octanol–water partition coefficient (Wildman–Crippen LogP) is 4.90. The largest absolute Gasteiger partial charge is 0.376 e. The lowest BCUT2D eigenvalue weighted by atomic mass is 9.80. The lowest BCUT2D eigenvalue weighted by Gasteiger charge is -2.38. The Kier molecular flexibility index (Phi) is 7.26. The van der Waals surface area contributed by atoms with E-state index in [0.717, 1.165) is 16.7 Å². The highest BCUT2D eigenvalue weighted by Gasteiger charge is 2.57. The van der Waals surface area contributed by atoms with Crippen molar-refractivity contribution in [3.8, 4) is 0 Å². The summed E-state index contributed by atoms with van der Waals surface area (Å²) in [5.41, 5.74) is 2.22. The molecule has 6 nitrogen and oxygen atoms in total. The van der Waals surface area contributed by atoms with Crippen LogP contribution in [0.1, 0.15) is 30.5 Å². The van der Waals surface area contributed by atoms with E-state index in [4.69, 9.17) is 28.4 Å². The van der Waals surface area contributed by atoms with Crippen LogP contribution >= 0.6 is 0 Å². The number of methoxy groups -OCH3 is 2. The maximum Gasteiger partial charge on any atom is 0.190 e. The minimum Gasteiger partial charge on any atom is -0.376 e. The summed E-state index contributed by atoms with van der Waals surface area (Å²) in [5, 5.41) is 0. The fraction of sp³-hybridized carbons (Fsp3) is 0.400. The van der Waals surface area contributed by atoms with E-state index in [1.807, 2.05) is 68.4 Å². The number of fused-ring (bicyclic) bond motifs is 1. The first-order chi connectivity index (χ1) is 17.5. The fourth-order valence-corrected chi connectivity index (χ4v) is 5.34. The second kappa shape index (κ2) is 10.4. The van der Waals surface area contributed by atoms with Gasteiger partial charge in [0, 0.05) is 14.2 Å². The van der Waals surface area contributed by atoms with Gasteiger partial charge in [-0.2, -0.15) is 0 Å². The van der Waals surface area contributed by atoms with Crippen molar-refractivity contribution in [3.63, 3.8) is 0 Å². The van der Waals surface area contributed by atoms with Crippen molar-refractivity contribution in [1.82, 2.24) is 0 Å². The van der Waals surface area contributed by atoms with Crippen LogP contribution in [0.5, 0.6) is 0 Å². The Balaban J connectivity index is 1.50. The molecule has 0 spiro atoms. The summed E-state index contributed by atoms with van der Waals surface area (Å²) in [6.45, 7) is 4.01. The van der Waals surface area contributed by atoms with Crippen molar-refractivity contribution in [2.24, 2.45) is 0 Å². The summed E-state index contributed by atoms with van der Waals surface area (Å²) >= 11 is 0. The van der Waals surface area contributed by atoms with Gasteiger partial charge in [-0.15, -0.1) is 0 Å². The van der Waals surface area contributed by atoms with Crippen molar-refractivity contribution >= 4 is 0 Å². The molecule has 0 unspecified atom stereocenters. The Hall–Kier alpha value is -2.58.